The number of hydrogen-bond donors (Lipinski definition) is 2. The zero-order valence-electron chi connectivity index (χ0n) is 11.4. The van der Waals surface area contributed by atoms with Gasteiger partial charge in [0.2, 0.25) is 0 Å². The first-order valence-corrected chi connectivity index (χ1v) is 7.51. The molecule has 5 heteroatoms. The molecule has 3 N–H and O–H groups in total. The van der Waals surface area contributed by atoms with E-state index in [9.17, 15) is 0 Å². The molecule has 4 rings (SSSR count). The Morgan fingerprint density at radius 3 is 2.45 bits per heavy atom. The van der Waals surface area contributed by atoms with Crippen LogP contribution >= 0.6 is 23.2 Å². The fourth-order valence-corrected chi connectivity index (χ4v) is 2.98. The smallest absolute Gasteiger partial charge is 0.139 e. The Kier molecular flexibility index (Phi) is 2.99. The predicted octanol–water partition coefficient (Wildman–Crippen LogP) is 5.27. The van der Waals surface area contributed by atoms with E-state index < -0.39 is 0 Å². The number of nitrogen functional groups attached to an aromatic ring is 1. The molecular formula is C17H11Cl2N3. The molecule has 0 aliphatic heterocycles. The lowest BCUT2D eigenvalue weighted by atomic mass is 10.0. The maximum Gasteiger partial charge on any atom is 0.139 e. The number of aromatic nitrogens is 2. The van der Waals surface area contributed by atoms with E-state index in [4.69, 9.17) is 28.9 Å². The van der Waals surface area contributed by atoms with Gasteiger partial charge in [-0.3, -0.25) is 0 Å². The third-order valence-corrected chi connectivity index (χ3v) is 4.46. The first kappa shape index (κ1) is 13.4. The number of H-pyrrole nitrogens is 1. The number of anilines is 1. The van der Waals surface area contributed by atoms with Crippen LogP contribution in [0.1, 0.15) is 0 Å². The molecule has 0 bridgehead atoms. The summed E-state index contributed by atoms with van der Waals surface area (Å²) in [5, 5.41) is 3.07. The molecule has 0 atom stereocenters. The highest BCUT2D eigenvalue weighted by molar-refractivity contribution is 6.42. The summed E-state index contributed by atoms with van der Waals surface area (Å²) in [5.74, 6) is 0.768. The van der Waals surface area contributed by atoms with Crippen molar-refractivity contribution in [1.82, 2.24) is 9.97 Å². The number of fused-ring (bicyclic) bond motifs is 2. The summed E-state index contributed by atoms with van der Waals surface area (Å²) < 4.78 is 0. The lowest BCUT2D eigenvalue weighted by Crippen LogP contribution is -1.89. The van der Waals surface area contributed by atoms with Gasteiger partial charge in [-0.15, -0.1) is 0 Å². The van der Waals surface area contributed by atoms with Gasteiger partial charge in [0, 0.05) is 16.6 Å². The summed E-state index contributed by atoms with van der Waals surface area (Å²) in [6, 6.07) is 15.4. The van der Waals surface area contributed by atoms with Gasteiger partial charge >= 0.3 is 0 Å². The molecule has 108 valence electrons. The Labute approximate surface area is 136 Å². The van der Waals surface area contributed by atoms with E-state index in [1.165, 1.54) is 0 Å². The summed E-state index contributed by atoms with van der Waals surface area (Å²) in [4.78, 5) is 7.92. The van der Waals surface area contributed by atoms with Crippen LogP contribution in [-0.2, 0) is 0 Å². The minimum Gasteiger partial charge on any atom is -0.398 e. The van der Waals surface area contributed by atoms with Gasteiger partial charge < -0.3 is 10.7 Å². The Hall–Kier alpha value is -2.23. The van der Waals surface area contributed by atoms with Crippen LogP contribution in [0.5, 0.6) is 0 Å². The van der Waals surface area contributed by atoms with E-state index in [2.05, 4.69) is 9.97 Å². The number of nitrogens with zero attached hydrogens (tertiary/aromatic N) is 1. The van der Waals surface area contributed by atoms with E-state index >= 15 is 0 Å². The molecule has 0 amide bonds. The van der Waals surface area contributed by atoms with E-state index in [0.29, 0.717) is 10.0 Å². The molecule has 0 fully saturated rings. The number of aromatic amines is 1. The molecule has 0 unspecified atom stereocenters. The molecule has 3 nitrogen and oxygen atoms in total. The Morgan fingerprint density at radius 2 is 1.64 bits per heavy atom. The first-order chi connectivity index (χ1) is 10.6. The SMILES string of the molecule is Nc1ccc(-c2nc3cc(Cl)c(Cl)cc3[nH]2)c2ccccc12. The Balaban J connectivity index is 2.01. The highest BCUT2D eigenvalue weighted by Gasteiger charge is 2.11. The molecule has 1 aromatic heterocycles. The van der Waals surface area contributed by atoms with Gasteiger partial charge in [-0.25, -0.2) is 4.98 Å². The van der Waals surface area contributed by atoms with Gasteiger partial charge in [0.05, 0.1) is 21.1 Å². The lowest BCUT2D eigenvalue weighted by Gasteiger charge is -2.06. The van der Waals surface area contributed by atoms with Gasteiger partial charge in [-0.05, 0) is 29.7 Å². The quantitative estimate of drug-likeness (QED) is 0.468. The summed E-state index contributed by atoms with van der Waals surface area (Å²) in [6.07, 6.45) is 0. The second-order valence-corrected chi connectivity index (χ2v) is 5.93. The number of rotatable bonds is 1. The number of halogens is 2. The Morgan fingerprint density at radius 1 is 0.909 bits per heavy atom. The van der Waals surface area contributed by atoms with Gasteiger partial charge in [0.25, 0.3) is 0 Å². The van der Waals surface area contributed by atoms with Crippen molar-refractivity contribution in [3.8, 4) is 11.4 Å². The van der Waals surface area contributed by atoms with Crippen LogP contribution < -0.4 is 5.73 Å². The number of benzene rings is 3. The third kappa shape index (κ3) is 2.02. The van der Waals surface area contributed by atoms with Gasteiger partial charge in [-0.2, -0.15) is 0 Å². The molecule has 22 heavy (non-hydrogen) atoms. The number of nitrogens with one attached hydrogen (secondary N) is 1. The fraction of sp³-hybridized carbons (Fsp3) is 0. The molecule has 0 aliphatic carbocycles. The molecular weight excluding hydrogens is 317 g/mol. The third-order valence-electron chi connectivity index (χ3n) is 3.74. The molecule has 0 spiro atoms. The lowest BCUT2D eigenvalue weighted by molar-refractivity contribution is 1.35. The average Bonchev–Trinajstić information content (AvgIpc) is 2.91. The number of hydrogen-bond acceptors (Lipinski definition) is 2. The molecule has 0 radical (unpaired) electrons. The van der Waals surface area contributed by atoms with Crippen molar-refractivity contribution in [2.24, 2.45) is 0 Å². The van der Waals surface area contributed by atoms with Crippen molar-refractivity contribution >= 4 is 50.7 Å². The Bertz CT molecular complexity index is 982. The second-order valence-electron chi connectivity index (χ2n) is 5.12. The summed E-state index contributed by atoms with van der Waals surface area (Å²) >= 11 is 12.1. The van der Waals surface area contributed by atoms with E-state index in [1.807, 2.05) is 36.4 Å². The van der Waals surface area contributed by atoms with Crippen molar-refractivity contribution in [2.75, 3.05) is 5.73 Å². The largest absolute Gasteiger partial charge is 0.398 e. The van der Waals surface area contributed by atoms with Crippen molar-refractivity contribution in [3.05, 3.63) is 58.6 Å². The molecule has 0 aliphatic rings. The summed E-state index contributed by atoms with van der Waals surface area (Å²) in [7, 11) is 0. The van der Waals surface area contributed by atoms with Crippen molar-refractivity contribution in [3.63, 3.8) is 0 Å². The average molecular weight is 328 g/mol. The molecule has 3 aromatic carbocycles. The van der Waals surface area contributed by atoms with Crippen LogP contribution in [0.2, 0.25) is 10.0 Å². The van der Waals surface area contributed by atoms with Crippen LogP contribution in [0, 0.1) is 0 Å². The molecule has 0 saturated heterocycles. The molecule has 1 heterocycles. The highest BCUT2D eigenvalue weighted by atomic mass is 35.5. The van der Waals surface area contributed by atoms with Gasteiger partial charge in [0.1, 0.15) is 5.82 Å². The zero-order valence-corrected chi connectivity index (χ0v) is 12.9. The van der Waals surface area contributed by atoms with Crippen molar-refractivity contribution < 1.29 is 0 Å². The fourth-order valence-electron chi connectivity index (χ4n) is 2.66. The second kappa shape index (κ2) is 4.90. The standard InChI is InChI=1S/C17H11Cl2N3/c18-12-7-15-16(8-13(12)19)22-17(21-15)11-5-6-14(20)10-4-2-1-3-9(10)11/h1-8H,20H2,(H,21,22). The minimum atomic E-state index is 0.495. The number of nitrogens with two attached hydrogens (primary N) is 1. The van der Waals surface area contributed by atoms with Crippen LogP contribution in [0.15, 0.2) is 48.5 Å². The highest BCUT2D eigenvalue weighted by Crippen LogP contribution is 2.33. The maximum atomic E-state index is 6.06. The predicted molar refractivity (Wildman–Crippen MR) is 93.5 cm³/mol. The van der Waals surface area contributed by atoms with Crippen LogP contribution in [-0.4, -0.2) is 9.97 Å². The van der Waals surface area contributed by atoms with Crippen LogP contribution in [0.4, 0.5) is 5.69 Å². The molecule has 0 saturated carbocycles. The van der Waals surface area contributed by atoms with E-state index in [0.717, 1.165) is 38.9 Å². The van der Waals surface area contributed by atoms with Crippen LogP contribution in [0.3, 0.4) is 0 Å². The number of imidazole rings is 1. The minimum absolute atomic E-state index is 0.495. The van der Waals surface area contributed by atoms with E-state index in [1.54, 1.807) is 12.1 Å². The first-order valence-electron chi connectivity index (χ1n) is 6.76. The summed E-state index contributed by atoms with van der Waals surface area (Å²) in [6.45, 7) is 0. The summed E-state index contributed by atoms with van der Waals surface area (Å²) in [5.41, 5.74) is 9.43. The zero-order chi connectivity index (χ0) is 15.3. The van der Waals surface area contributed by atoms with E-state index in [-0.39, 0.29) is 0 Å². The normalized spacial score (nSPS) is 11.4. The topological polar surface area (TPSA) is 54.7 Å². The van der Waals surface area contributed by atoms with Gasteiger partial charge in [-0.1, -0.05) is 47.5 Å². The van der Waals surface area contributed by atoms with Gasteiger partial charge in [0.15, 0.2) is 0 Å². The van der Waals surface area contributed by atoms with Crippen LogP contribution in [0.25, 0.3) is 33.2 Å². The maximum absolute atomic E-state index is 6.06. The van der Waals surface area contributed by atoms with Crippen molar-refractivity contribution in [1.29, 1.82) is 0 Å². The monoisotopic (exact) mass is 327 g/mol. The molecule has 4 aromatic rings. The van der Waals surface area contributed by atoms with Crippen molar-refractivity contribution in [2.45, 2.75) is 0 Å².